The second-order valence-electron chi connectivity index (χ2n) is 5.52. The van der Waals surface area contributed by atoms with Gasteiger partial charge in [0.2, 0.25) is 0 Å². The maximum absolute atomic E-state index is 11.6. The molecule has 1 amide bonds. The van der Waals surface area contributed by atoms with Crippen molar-refractivity contribution in [3.05, 3.63) is 30.3 Å². The van der Waals surface area contributed by atoms with Crippen LogP contribution in [0.4, 0.5) is 0 Å². The molecule has 21 heavy (non-hydrogen) atoms. The maximum Gasteiger partial charge on any atom is 0.252 e. The predicted octanol–water partition coefficient (Wildman–Crippen LogP) is 5.02. The molecule has 1 rings (SSSR count). The summed E-state index contributed by atoms with van der Waals surface area (Å²) in [6, 6.07) is 9.30. The van der Waals surface area contributed by atoms with E-state index in [1.165, 1.54) is 44.9 Å². The van der Waals surface area contributed by atoms with Gasteiger partial charge in [-0.3, -0.25) is 4.79 Å². The van der Waals surface area contributed by atoms with Crippen LogP contribution in [0.1, 0.15) is 71.1 Å². The Morgan fingerprint density at radius 1 is 0.905 bits per heavy atom. The van der Waals surface area contributed by atoms with Crippen molar-refractivity contribution in [2.24, 2.45) is 0 Å². The fourth-order valence-electron chi connectivity index (χ4n) is 2.25. The van der Waals surface area contributed by atoms with Crippen LogP contribution in [-0.2, 0) is 4.79 Å². The van der Waals surface area contributed by atoms with E-state index in [0.717, 1.165) is 12.8 Å². The molecular formula is C18H29NO2. The first kappa shape index (κ1) is 17.5. The van der Waals surface area contributed by atoms with Crippen molar-refractivity contribution in [2.75, 3.05) is 0 Å². The van der Waals surface area contributed by atoms with Gasteiger partial charge >= 0.3 is 0 Å². The topological polar surface area (TPSA) is 38.3 Å². The van der Waals surface area contributed by atoms with Crippen molar-refractivity contribution >= 4 is 5.91 Å². The normalized spacial score (nSPS) is 10.3. The predicted molar refractivity (Wildman–Crippen MR) is 87.1 cm³/mol. The molecule has 0 bridgehead atoms. The minimum absolute atomic E-state index is 0.0400. The Bertz CT molecular complexity index is 365. The molecule has 3 heteroatoms. The van der Waals surface area contributed by atoms with Crippen LogP contribution in [0.25, 0.3) is 0 Å². The summed E-state index contributed by atoms with van der Waals surface area (Å²) in [4.78, 5) is 16.8. The second-order valence-corrected chi connectivity index (χ2v) is 5.52. The fourth-order valence-corrected chi connectivity index (χ4v) is 2.25. The Balaban J connectivity index is 1.89. The minimum atomic E-state index is -0.0400. The molecule has 0 spiro atoms. The molecule has 0 aliphatic carbocycles. The lowest BCUT2D eigenvalue weighted by Gasteiger charge is -2.06. The highest BCUT2D eigenvalue weighted by atomic mass is 16.7. The summed E-state index contributed by atoms with van der Waals surface area (Å²) in [7, 11) is 0. The molecule has 118 valence electrons. The highest BCUT2D eigenvalue weighted by Gasteiger charge is 2.01. The van der Waals surface area contributed by atoms with E-state index in [2.05, 4.69) is 12.4 Å². The SMILES string of the molecule is CCCCCCCCCCCC(=O)NOc1ccccc1. The number of hydrogen-bond acceptors (Lipinski definition) is 2. The first-order valence-corrected chi connectivity index (χ1v) is 8.33. The number of rotatable bonds is 12. The zero-order valence-corrected chi connectivity index (χ0v) is 13.3. The van der Waals surface area contributed by atoms with Crippen LogP contribution in [0.5, 0.6) is 5.75 Å². The molecule has 0 saturated heterocycles. The zero-order valence-electron chi connectivity index (χ0n) is 13.3. The third-order valence-corrected chi connectivity index (χ3v) is 3.53. The van der Waals surface area contributed by atoms with E-state index in [1.807, 2.05) is 30.3 Å². The number of hydrogen-bond donors (Lipinski definition) is 1. The second kappa shape index (κ2) is 12.2. The van der Waals surface area contributed by atoms with Gasteiger partial charge in [0.15, 0.2) is 5.75 Å². The number of carbonyl (C=O) groups is 1. The molecule has 0 fully saturated rings. The Hall–Kier alpha value is -1.51. The Morgan fingerprint density at radius 2 is 1.48 bits per heavy atom. The monoisotopic (exact) mass is 291 g/mol. The number of para-hydroxylation sites is 1. The Kier molecular flexibility index (Phi) is 10.2. The number of carbonyl (C=O) groups excluding carboxylic acids is 1. The third kappa shape index (κ3) is 9.94. The highest BCUT2D eigenvalue weighted by Crippen LogP contribution is 2.11. The first-order chi connectivity index (χ1) is 10.3. The van der Waals surface area contributed by atoms with E-state index in [4.69, 9.17) is 4.84 Å². The number of unbranched alkanes of at least 4 members (excludes halogenated alkanes) is 8. The summed E-state index contributed by atoms with van der Waals surface area (Å²) in [5, 5.41) is 0. The van der Waals surface area contributed by atoms with E-state index in [9.17, 15) is 4.79 Å². The van der Waals surface area contributed by atoms with Crippen LogP contribution >= 0.6 is 0 Å². The van der Waals surface area contributed by atoms with Gasteiger partial charge in [0.05, 0.1) is 0 Å². The number of amides is 1. The molecule has 0 radical (unpaired) electrons. The summed E-state index contributed by atoms with van der Waals surface area (Å²) < 4.78 is 0. The average Bonchev–Trinajstić information content (AvgIpc) is 2.52. The molecule has 1 aromatic carbocycles. The van der Waals surface area contributed by atoms with Crippen molar-refractivity contribution in [1.29, 1.82) is 0 Å². The van der Waals surface area contributed by atoms with Crippen molar-refractivity contribution in [3.8, 4) is 5.75 Å². The van der Waals surface area contributed by atoms with E-state index >= 15 is 0 Å². The third-order valence-electron chi connectivity index (χ3n) is 3.53. The van der Waals surface area contributed by atoms with Crippen LogP contribution in [0, 0.1) is 0 Å². The summed E-state index contributed by atoms with van der Waals surface area (Å²) in [5.41, 5.74) is 2.49. The molecule has 1 aromatic rings. The maximum atomic E-state index is 11.6. The van der Waals surface area contributed by atoms with Crippen molar-refractivity contribution in [1.82, 2.24) is 5.48 Å². The molecule has 0 unspecified atom stereocenters. The van der Waals surface area contributed by atoms with E-state index in [0.29, 0.717) is 12.2 Å². The van der Waals surface area contributed by atoms with Crippen LogP contribution in [-0.4, -0.2) is 5.91 Å². The average molecular weight is 291 g/mol. The molecular weight excluding hydrogens is 262 g/mol. The molecule has 0 heterocycles. The van der Waals surface area contributed by atoms with Gasteiger partial charge in [-0.25, -0.2) is 0 Å². The first-order valence-electron chi connectivity index (χ1n) is 8.33. The van der Waals surface area contributed by atoms with Gasteiger partial charge < -0.3 is 4.84 Å². The molecule has 3 nitrogen and oxygen atoms in total. The van der Waals surface area contributed by atoms with E-state index in [1.54, 1.807) is 0 Å². The van der Waals surface area contributed by atoms with Crippen molar-refractivity contribution in [2.45, 2.75) is 71.1 Å². The van der Waals surface area contributed by atoms with Gasteiger partial charge in [0.25, 0.3) is 5.91 Å². The molecule has 0 atom stereocenters. The van der Waals surface area contributed by atoms with Crippen molar-refractivity contribution in [3.63, 3.8) is 0 Å². The number of hydroxylamine groups is 1. The van der Waals surface area contributed by atoms with E-state index < -0.39 is 0 Å². The molecule has 1 N–H and O–H groups in total. The van der Waals surface area contributed by atoms with Gasteiger partial charge in [0.1, 0.15) is 0 Å². The van der Waals surface area contributed by atoms with Gasteiger partial charge in [0, 0.05) is 6.42 Å². The van der Waals surface area contributed by atoms with Gasteiger partial charge in [-0.2, -0.15) is 5.48 Å². The largest absolute Gasteiger partial charge is 0.380 e. The van der Waals surface area contributed by atoms with Gasteiger partial charge in [-0.15, -0.1) is 0 Å². The zero-order chi connectivity index (χ0) is 15.2. The molecule has 0 aromatic heterocycles. The Morgan fingerprint density at radius 3 is 2.10 bits per heavy atom. The number of nitrogens with one attached hydrogen (secondary N) is 1. The molecule has 0 aliphatic rings. The van der Waals surface area contributed by atoms with E-state index in [-0.39, 0.29) is 5.91 Å². The highest BCUT2D eigenvalue weighted by molar-refractivity contribution is 5.74. The fraction of sp³-hybridized carbons (Fsp3) is 0.611. The lowest BCUT2D eigenvalue weighted by atomic mass is 10.1. The minimum Gasteiger partial charge on any atom is -0.380 e. The quantitative estimate of drug-likeness (QED) is 0.434. The Labute approximate surface area is 129 Å². The van der Waals surface area contributed by atoms with Gasteiger partial charge in [-0.1, -0.05) is 76.5 Å². The summed E-state index contributed by atoms with van der Waals surface area (Å²) in [5.74, 6) is 0.625. The van der Waals surface area contributed by atoms with Crippen LogP contribution < -0.4 is 10.3 Å². The smallest absolute Gasteiger partial charge is 0.252 e. The lowest BCUT2D eigenvalue weighted by Crippen LogP contribution is -2.26. The standard InChI is InChI=1S/C18H29NO2/c1-2-3-4-5-6-7-8-9-13-16-18(20)19-21-17-14-11-10-12-15-17/h10-12,14-15H,2-9,13,16H2,1H3,(H,19,20). The molecule has 0 aliphatic heterocycles. The number of benzene rings is 1. The van der Waals surface area contributed by atoms with Crippen LogP contribution in [0.15, 0.2) is 30.3 Å². The molecule has 0 saturated carbocycles. The summed E-state index contributed by atoms with van der Waals surface area (Å²) in [6.07, 6.45) is 11.9. The van der Waals surface area contributed by atoms with Crippen LogP contribution in [0.2, 0.25) is 0 Å². The summed E-state index contributed by atoms with van der Waals surface area (Å²) >= 11 is 0. The van der Waals surface area contributed by atoms with Crippen LogP contribution in [0.3, 0.4) is 0 Å². The lowest BCUT2D eigenvalue weighted by molar-refractivity contribution is -0.127. The summed E-state index contributed by atoms with van der Waals surface area (Å²) in [6.45, 7) is 2.24. The van der Waals surface area contributed by atoms with Crippen molar-refractivity contribution < 1.29 is 9.63 Å². The van der Waals surface area contributed by atoms with Gasteiger partial charge in [-0.05, 0) is 18.6 Å².